The van der Waals surface area contributed by atoms with E-state index < -0.39 is 0 Å². The van der Waals surface area contributed by atoms with Gasteiger partial charge >= 0.3 is 0 Å². The van der Waals surface area contributed by atoms with E-state index in [2.05, 4.69) is 35.1 Å². The van der Waals surface area contributed by atoms with Gasteiger partial charge in [0.05, 0.1) is 0 Å². The smallest absolute Gasteiger partial charge is 0.227 e. The van der Waals surface area contributed by atoms with Crippen LogP contribution >= 0.6 is 11.6 Å². The van der Waals surface area contributed by atoms with Crippen molar-refractivity contribution in [1.29, 1.82) is 0 Å². The van der Waals surface area contributed by atoms with E-state index in [1.165, 1.54) is 0 Å². The first-order valence-corrected chi connectivity index (χ1v) is 9.20. The molecule has 1 fully saturated rings. The molecule has 0 bridgehead atoms. The van der Waals surface area contributed by atoms with Gasteiger partial charge in [-0.2, -0.15) is 4.98 Å². The van der Waals surface area contributed by atoms with Gasteiger partial charge in [0, 0.05) is 55.5 Å². The van der Waals surface area contributed by atoms with Crippen molar-refractivity contribution < 1.29 is 0 Å². The summed E-state index contributed by atoms with van der Waals surface area (Å²) in [7, 11) is 0. The number of rotatable bonds is 4. The van der Waals surface area contributed by atoms with Crippen molar-refractivity contribution in [3.8, 4) is 0 Å². The van der Waals surface area contributed by atoms with Gasteiger partial charge in [-0.05, 0) is 36.8 Å². The van der Waals surface area contributed by atoms with E-state index in [4.69, 9.17) is 11.6 Å². The molecule has 0 atom stereocenters. The highest BCUT2D eigenvalue weighted by atomic mass is 35.5. The number of hydrogen-bond donors (Lipinski definition) is 1. The number of nitrogens with one attached hydrogen (secondary N) is 1. The number of piperazine rings is 1. The standard InChI is InChI=1S/C19H20ClN7/c1-14-15(20)4-2-5-16(14)24-17-6-9-23-19(25-17)27-12-10-26(11-13-27)18-21-7-3-8-22-18/h2-9H,10-13H2,1H3,(H,23,24,25). The highest BCUT2D eigenvalue weighted by Crippen LogP contribution is 2.26. The van der Waals surface area contributed by atoms with Crippen LogP contribution in [-0.2, 0) is 0 Å². The monoisotopic (exact) mass is 381 g/mol. The van der Waals surface area contributed by atoms with Gasteiger partial charge in [-0.15, -0.1) is 0 Å². The van der Waals surface area contributed by atoms with Gasteiger partial charge in [0.25, 0.3) is 0 Å². The van der Waals surface area contributed by atoms with Gasteiger partial charge in [0.2, 0.25) is 11.9 Å². The number of aromatic nitrogens is 4. The molecule has 8 heteroatoms. The Hall–Kier alpha value is -2.93. The van der Waals surface area contributed by atoms with Crippen LogP contribution in [0.2, 0.25) is 5.02 Å². The lowest BCUT2D eigenvalue weighted by atomic mass is 10.2. The molecule has 0 radical (unpaired) electrons. The Bertz CT molecular complexity index is 911. The van der Waals surface area contributed by atoms with Crippen molar-refractivity contribution in [2.24, 2.45) is 0 Å². The Labute approximate surface area is 163 Å². The lowest BCUT2D eigenvalue weighted by molar-refractivity contribution is 0.628. The summed E-state index contributed by atoms with van der Waals surface area (Å²) in [4.78, 5) is 22.1. The molecule has 1 aromatic carbocycles. The maximum atomic E-state index is 6.20. The first kappa shape index (κ1) is 17.5. The Morgan fingerprint density at radius 3 is 2.26 bits per heavy atom. The third-order valence-corrected chi connectivity index (χ3v) is 4.98. The van der Waals surface area contributed by atoms with Crippen LogP contribution in [-0.4, -0.2) is 46.1 Å². The van der Waals surface area contributed by atoms with Crippen LogP contribution in [0, 0.1) is 6.92 Å². The Kier molecular flexibility index (Phi) is 5.02. The number of anilines is 4. The zero-order valence-electron chi connectivity index (χ0n) is 15.0. The van der Waals surface area contributed by atoms with Gasteiger partial charge < -0.3 is 15.1 Å². The minimum absolute atomic E-state index is 0.716. The van der Waals surface area contributed by atoms with E-state index in [-0.39, 0.29) is 0 Å². The minimum Gasteiger partial charge on any atom is -0.340 e. The maximum Gasteiger partial charge on any atom is 0.227 e. The van der Waals surface area contributed by atoms with Crippen molar-refractivity contribution in [3.63, 3.8) is 0 Å². The van der Waals surface area contributed by atoms with Crippen LogP contribution in [0.3, 0.4) is 0 Å². The maximum absolute atomic E-state index is 6.20. The van der Waals surface area contributed by atoms with Crippen molar-refractivity contribution >= 4 is 35.0 Å². The summed E-state index contributed by atoms with van der Waals surface area (Å²) in [5, 5.41) is 4.06. The van der Waals surface area contributed by atoms with Crippen LogP contribution in [0.25, 0.3) is 0 Å². The van der Waals surface area contributed by atoms with E-state index in [1.54, 1.807) is 18.6 Å². The molecule has 0 aliphatic carbocycles. The number of halogens is 1. The molecule has 27 heavy (non-hydrogen) atoms. The molecule has 0 saturated carbocycles. The lowest BCUT2D eigenvalue weighted by Gasteiger charge is -2.34. The summed E-state index contributed by atoms with van der Waals surface area (Å²) in [5.41, 5.74) is 1.94. The van der Waals surface area contributed by atoms with Crippen molar-refractivity contribution in [2.45, 2.75) is 6.92 Å². The van der Waals surface area contributed by atoms with Gasteiger partial charge in [-0.25, -0.2) is 15.0 Å². The zero-order chi connectivity index (χ0) is 18.6. The summed E-state index contributed by atoms with van der Waals surface area (Å²) in [5.74, 6) is 2.23. The molecule has 138 valence electrons. The van der Waals surface area contributed by atoms with Crippen LogP contribution in [0.15, 0.2) is 48.9 Å². The van der Waals surface area contributed by atoms with Crippen LogP contribution < -0.4 is 15.1 Å². The van der Waals surface area contributed by atoms with Crippen molar-refractivity contribution in [2.75, 3.05) is 41.3 Å². The summed E-state index contributed by atoms with van der Waals surface area (Å²) in [6.07, 6.45) is 5.31. The summed E-state index contributed by atoms with van der Waals surface area (Å²) >= 11 is 6.20. The molecule has 1 aliphatic heterocycles. The highest BCUT2D eigenvalue weighted by Gasteiger charge is 2.20. The molecule has 3 aromatic rings. The second-order valence-electron chi connectivity index (χ2n) is 6.30. The molecule has 3 heterocycles. The Balaban J connectivity index is 1.45. The van der Waals surface area contributed by atoms with Gasteiger partial charge in [0.15, 0.2) is 0 Å². The number of hydrogen-bond acceptors (Lipinski definition) is 7. The van der Waals surface area contributed by atoms with Gasteiger partial charge in [-0.1, -0.05) is 17.7 Å². The fourth-order valence-electron chi connectivity index (χ4n) is 3.01. The first-order chi connectivity index (χ1) is 13.2. The molecule has 0 unspecified atom stereocenters. The Morgan fingerprint density at radius 2 is 1.52 bits per heavy atom. The molecular formula is C19H20ClN7. The second kappa shape index (κ2) is 7.75. The average Bonchev–Trinajstić information content (AvgIpc) is 2.72. The lowest BCUT2D eigenvalue weighted by Crippen LogP contribution is -2.47. The molecule has 1 saturated heterocycles. The fourth-order valence-corrected chi connectivity index (χ4v) is 3.19. The van der Waals surface area contributed by atoms with E-state index in [1.807, 2.05) is 37.3 Å². The van der Waals surface area contributed by atoms with Crippen molar-refractivity contribution in [1.82, 2.24) is 19.9 Å². The molecule has 1 N–H and O–H groups in total. The predicted octanol–water partition coefficient (Wildman–Crippen LogP) is 3.30. The van der Waals surface area contributed by atoms with Gasteiger partial charge in [-0.3, -0.25) is 0 Å². The number of nitrogens with zero attached hydrogens (tertiary/aromatic N) is 6. The van der Waals surface area contributed by atoms with Crippen LogP contribution in [0.5, 0.6) is 0 Å². The molecule has 0 amide bonds. The molecule has 7 nitrogen and oxygen atoms in total. The van der Waals surface area contributed by atoms with E-state index in [0.29, 0.717) is 5.95 Å². The van der Waals surface area contributed by atoms with E-state index in [0.717, 1.165) is 54.2 Å². The van der Waals surface area contributed by atoms with Crippen LogP contribution in [0.4, 0.5) is 23.4 Å². The molecule has 4 rings (SSSR count). The fraction of sp³-hybridized carbons (Fsp3) is 0.263. The number of benzene rings is 1. The van der Waals surface area contributed by atoms with E-state index in [9.17, 15) is 0 Å². The summed E-state index contributed by atoms with van der Waals surface area (Å²) in [6.45, 7) is 5.28. The van der Waals surface area contributed by atoms with Gasteiger partial charge in [0.1, 0.15) is 5.82 Å². The third-order valence-electron chi connectivity index (χ3n) is 4.57. The topological polar surface area (TPSA) is 70.1 Å². The highest BCUT2D eigenvalue weighted by molar-refractivity contribution is 6.31. The molecule has 2 aromatic heterocycles. The van der Waals surface area contributed by atoms with Crippen LogP contribution in [0.1, 0.15) is 5.56 Å². The summed E-state index contributed by atoms with van der Waals surface area (Å²) < 4.78 is 0. The zero-order valence-corrected chi connectivity index (χ0v) is 15.8. The first-order valence-electron chi connectivity index (χ1n) is 8.83. The predicted molar refractivity (Wildman–Crippen MR) is 108 cm³/mol. The summed E-state index contributed by atoms with van der Waals surface area (Å²) in [6, 6.07) is 9.47. The normalized spacial score (nSPS) is 14.3. The second-order valence-corrected chi connectivity index (χ2v) is 6.71. The molecular weight excluding hydrogens is 362 g/mol. The quantitative estimate of drug-likeness (QED) is 0.743. The van der Waals surface area contributed by atoms with E-state index >= 15 is 0 Å². The minimum atomic E-state index is 0.716. The van der Waals surface area contributed by atoms with Crippen molar-refractivity contribution in [3.05, 3.63) is 59.5 Å². The largest absolute Gasteiger partial charge is 0.340 e. The molecule has 1 aliphatic rings. The SMILES string of the molecule is Cc1c(Cl)cccc1Nc1ccnc(N2CCN(c3ncccn3)CC2)n1. The molecule has 0 spiro atoms. The third kappa shape index (κ3) is 3.93. The average molecular weight is 382 g/mol. The Morgan fingerprint density at radius 1 is 0.852 bits per heavy atom.